The van der Waals surface area contributed by atoms with E-state index >= 15 is 0 Å². The van der Waals surface area contributed by atoms with Gasteiger partial charge in [0.15, 0.2) is 0 Å². The topological polar surface area (TPSA) is 922 Å². The van der Waals surface area contributed by atoms with Gasteiger partial charge in [0, 0.05) is 25.4 Å². The van der Waals surface area contributed by atoms with Gasteiger partial charge in [0.25, 0.3) is 0 Å². The fourth-order valence-electron chi connectivity index (χ4n) is 5.57. The SMILES string of the molecule is O.O.O.O.O.O.O.O.O=C(O)C1=NCCCC1.O=C([O-])C1(O)CCCC[NH2+]1.O=C([O-])C1=CCCC[NH2+]1.O=C1CCCC[NH2+]1.OO.OO.OO.[NH3+]CCC/C=C(\[O-])C(=O)O.[NH3+]CCC/C=C(\[O-])C(=O)O.[NH3+]CCC/C=C(\[O-])C(=O)O.[NH3+]CCCCC(=O)[O-]. The number of aliphatic hydroxyl groups is 1. The second-order valence-electron chi connectivity index (χ2n) is 16.0. The highest BCUT2D eigenvalue weighted by atomic mass is 17.0. The summed E-state index contributed by atoms with van der Waals surface area (Å²) < 4.78 is 0. The van der Waals surface area contributed by atoms with Crippen molar-refractivity contribution in [3.05, 3.63) is 47.3 Å². The van der Waals surface area contributed by atoms with Crippen LogP contribution in [0.2, 0.25) is 0 Å². The second-order valence-corrected chi connectivity index (χ2v) is 16.0. The van der Waals surface area contributed by atoms with Crippen molar-refractivity contribution in [2.24, 2.45) is 4.99 Å². The molecule has 1 amide bonds. The maximum Gasteiger partial charge on any atom is 0.349 e. The summed E-state index contributed by atoms with van der Waals surface area (Å²) in [5.41, 5.74) is 13.3. The molecule has 0 saturated carbocycles. The first-order chi connectivity index (χ1) is 37.5. The maximum atomic E-state index is 10.4. The van der Waals surface area contributed by atoms with Gasteiger partial charge in [0.05, 0.1) is 52.2 Å². The third kappa shape index (κ3) is 88.0. The largest absolute Gasteiger partial charge is 0.868 e. The predicted molar refractivity (Wildman–Crippen MR) is 289 cm³/mol. The van der Waals surface area contributed by atoms with E-state index < -0.39 is 64.8 Å². The molecule has 41 nitrogen and oxygen atoms in total. The molecule has 87 heavy (non-hydrogen) atoms. The number of aliphatic imine (C=N–C) groups is 1. The molecule has 41 heteroatoms. The lowest BCUT2D eigenvalue weighted by Crippen LogP contribution is -3.01. The minimum atomic E-state index is -1.64. The van der Waals surface area contributed by atoms with Crippen molar-refractivity contribution in [2.45, 2.75) is 134 Å². The van der Waals surface area contributed by atoms with Gasteiger partial charge in [-0.15, -0.1) is 0 Å². The molecule has 4 aliphatic rings. The number of carboxylic acids is 7. The minimum absolute atomic E-state index is 0. The van der Waals surface area contributed by atoms with Crippen molar-refractivity contribution in [1.29, 1.82) is 0 Å². The molecule has 0 aromatic rings. The summed E-state index contributed by atoms with van der Waals surface area (Å²) >= 11 is 0. The van der Waals surface area contributed by atoms with Gasteiger partial charge in [-0.3, -0.25) is 41.9 Å². The van der Waals surface area contributed by atoms with Crippen LogP contribution in [0.1, 0.15) is 128 Å². The van der Waals surface area contributed by atoms with E-state index in [1.165, 1.54) is 30.0 Å². The molecule has 0 aliphatic carbocycles. The van der Waals surface area contributed by atoms with E-state index in [1.807, 2.05) is 0 Å². The molecule has 2 fully saturated rings. The molecule has 0 spiro atoms. The first kappa shape index (κ1) is 118. The maximum absolute atomic E-state index is 10.4. The normalized spacial score (nSPS) is 14.6. The third-order valence-corrected chi connectivity index (χ3v) is 9.71. The van der Waals surface area contributed by atoms with Crippen molar-refractivity contribution in [3.8, 4) is 0 Å². The molecular formula is C46H105N8O33+. The fourth-order valence-corrected chi connectivity index (χ4v) is 5.57. The Balaban J connectivity index is -0.0000000511. The Morgan fingerprint density at radius 2 is 0.920 bits per heavy atom. The molecule has 1 atom stereocenters. The summed E-state index contributed by atoms with van der Waals surface area (Å²) in [6.07, 6.45) is 20.6. The number of carbonyl (C=O) groups excluding carboxylic acids is 4. The van der Waals surface area contributed by atoms with Crippen molar-refractivity contribution in [1.82, 2.24) is 0 Å². The van der Waals surface area contributed by atoms with Crippen molar-refractivity contribution < 1.29 is 209 Å². The molecule has 4 rings (SSSR count). The second kappa shape index (κ2) is 87.9. The number of carbonyl (C=O) groups is 8. The van der Waals surface area contributed by atoms with Crippen molar-refractivity contribution >= 4 is 53.4 Å². The van der Waals surface area contributed by atoms with Crippen LogP contribution in [0.25, 0.3) is 0 Å². The van der Waals surface area contributed by atoms with Crippen molar-refractivity contribution in [3.63, 3.8) is 0 Å². The average molecular weight is 1300 g/mol. The summed E-state index contributed by atoms with van der Waals surface area (Å²) in [5, 5.41) is 144. The Morgan fingerprint density at radius 1 is 0.529 bits per heavy atom. The number of quaternary nitrogens is 7. The van der Waals surface area contributed by atoms with Crippen LogP contribution in [0.3, 0.4) is 0 Å². The zero-order valence-corrected chi connectivity index (χ0v) is 48.8. The van der Waals surface area contributed by atoms with E-state index in [4.69, 9.17) is 52.0 Å². The third-order valence-electron chi connectivity index (χ3n) is 9.71. The van der Waals surface area contributed by atoms with E-state index in [0.29, 0.717) is 68.9 Å². The number of amides is 1. The standard InChI is InChI=1S/4C6H11NO3.2C6H9NO2.C5H11NO2.C5H9NO.3H2O2.8H2O/c8-5(9)6(10)3-1-2-4-7-6;3*7-4-2-1-3-5(8)6(9)10;2*8-6(9)5-3-1-2-4-7-5;6-4-2-1-3-5(7)8;7-5-3-1-2-4-6-5;3*1-2;;;;;;;;/h7,10H,1-4H2,(H,8,9);3*3,8H,1-2,4,7H2,(H,9,10);1-4H2,(H,8,9);3,7H,1-2,4H2,(H,8,9);1-4,6H2,(H,7,8);1-4H2,(H,6,7);3*1-2H;8*1H2/p+1/b;3*5-3-;;;;;;;;;;;;;;;. The van der Waals surface area contributed by atoms with Gasteiger partial charge in [0.1, 0.15) is 23.3 Å². The first-order valence-electron chi connectivity index (χ1n) is 24.9. The van der Waals surface area contributed by atoms with E-state index in [1.54, 1.807) is 16.7 Å². The van der Waals surface area contributed by atoms with Gasteiger partial charge in [-0.1, -0.05) is 18.2 Å². The minimum Gasteiger partial charge on any atom is -0.868 e. The molecule has 4 aliphatic heterocycles. The van der Waals surface area contributed by atoms with E-state index in [2.05, 4.69) is 27.9 Å². The molecule has 0 radical (unpaired) electrons. The summed E-state index contributed by atoms with van der Waals surface area (Å²) in [4.78, 5) is 84.3. The number of rotatable bonds is 19. The van der Waals surface area contributed by atoms with Crippen LogP contribution in [0.5, 0.6) is 0 Å². The molecule has 526 valence electrons. The number of hydrogen-bond acceptors (Lipinski definition) is 22. The lowest BCUT2D eigenvalue weighted by molar-refractivity contribution is -0.765. The van der Waals surface area contributed by atoms with Gasteiger partial charge in [-0.25, -0.2) is 24.0 Å². The number of unbranched alkanes of at least 4 members (excludes halogenated alkanes) is 4. The summed E-state index contributed by atoms with van der Waals surface area (Å²) in [6, 6.07) is 0. The summed E-state index contributed by atoms with van der Waals surface area (Å²) in [5.74, 6) is -10.5. The zero-order valence-electron chi connectivity index (χ0n) is 48.8. The van der Waals surface area contributed by atoms with Gasteiger partial charge < -0.3 is 148 Å². The molecule has 4 heterocycles. The Bertz CT molecular complexity index is 1660. The van der Waals surface area contributed by atoms with Gasteiger partial charge in [-0.05, 0) is 133 Å². The lowest BCUT2D eigenvalue weighted by Gasteiger charge is -2.29. The monoisotopic (exact) mass is 1300 g/mol. The molecule has 1 unspecified atom stereocenters. The van der Waals surface area contributed by atoms with Gasteiger partial charge >= 0.3 is 29.8 Å². The summed E-state index contributed by atoms with van der Waals surface area (Å²) in [6.45, 7) is 6.24. The lowest BCUT2D eigenvalue weighted by atomic mass is 10.0. The Hall–Kier alpha value is -6.89. The molecule has 0 aromatic heterocycles. The van der Waals surface area contributed by atoms with Crippen LogP contribution >= 0.6 is 0 Å². The number of piperidine rings is 2. The van der Waals surface area contributed by atoms with Crippen LogP contribution in [0.15, 0.2) is 52.3 Å². The number of allylic oxidation sites excluding steroid dienone is 4. The zero-order chi connectivity index (χ0) is 62.5. The summed E-state index contributed by atoms with van der Waals surface area (Å²) in [7, 11) is 0. The van der Waals surface area contributed by atoms with Crippen LogP contribution in [0, 0.1) is 0 Å². The predicted octanol–water partition coefficient (Wildman–Crippen LogP) is -18.3. The number of hydrogen-bond donors (Lipinski definition) is 18. The highest BCUT2D eigenvalue weighted by Gasteiger charge is 2.34. The molecule has 0 aromatic carbocycles. The van der Waals surface area contributed by atoms with E-state index in [0.717, 1.165) is 116 Å². The average Bonchev–Trinajstić information content (AvgIpc) is 3.44. The highest BCUT2D eigenvalue weighted by Crippen LogP contribution is 2.09. The van der Waals surface area contributed by atoms with Gasteiger partial charge in [-0.2, -0.15) is 0 Å². The van der Waals surface area contributed by atoms with Crippen LogP contribution in [-0.2, 0) is 38.4 Å². The van der Waals surface area contributed by atoms with E-state index in [9.17, 15) is 74.1 Å². The number of primary amides is 1. The Labute approximate surface area is 500 Å². The molecule has 2 saturated heterocycles. The molecule has 45 N–H and O–H groups in total. The van der Waals surface area contributed by atoms with Crippen LogP contribution in [0.4, 0.5) is 0 Å². The fraction of sp³-hybridized carbons (Fsp3) is 0.630. The Morgan fingerprint density at radius 3 is 1.13 bits per heavy atom. The smallest absolute Gasteiger partial charge is 0.349 e. The number of aliphatic carboxylic acids is 7. The Kier molecular flexibility index (Phi) is 119. The molecule has 0 bridgehead atoms. The molecular weight excluding hydrogens is 1190 g/mol. The first-order valence-corrected chi connectivity index (χ1v) is 24.9. The van der Waals surface area contributed by atoms with Crippen LogP contribution < -0.4 is 69.5 Å². The number of carboxylic acid groups (broad SMARTS) is 7. The van der Waals surface area contributed by atoms with E-state index in [-0.39, 0.29) is 50.2 Å². The highest BCUT2D eigenvalue weighted by molar-refractivity contribution is 6.35. The number of nitrogens with two attached hydrogens (primary N) is 3. The van der Waals surface area contributed by atoms with Crippen molar-refractivity contribution in [2.75, 3.05) is 52.4 Å². The number of nitrogens with zero attached hydrogens (tertiary/aromatic N) is 1. The van der Waals surface area contributed by atoms with Crippen LogP contribution in [-0.4, -0.2) is 212 Å². The quantitative estimate of drug-likeness (QED) is 0.0188. The van der Waals surface area contributed by atoms with Gasteiger partial charge in [0.2, 0.25) is 5.72 Å².